The van der Waals surface area contributed by atoms with Gasteiger partial charge in [-0.05, 0) is 116 Å². The van der Waals surface area contributed by atoms with Crippen LogP contribution in [0.5, 0.6) is 0 Å². The average molecular weight is 431 g/mol. The van der Waals surface area contributed by atoms with Crippen molar-refractivity contribution in [1.82, 2.24) is 0 Å². The minimum Gasteiger partial charge on any atom is -0.389 e. The molecule has 9 atom stereocenters. The predicted molar refractivity (Wildman–Crippen MR) is 122 cm³/mol. The van der Waals surface area contributed by atoms with E-state index in [4.69, 9.17) is 0 Å². The fourth-order valence-electron chi connectivity index (χ4n) is 8.59. The lowest BCUT2D eigenvalue weighted by Crippen LogP contribution is -2.54. The standard InChI is InChI=1S/C27H42O4/c1-16(2)25(31-30)9-6-17(3)20-7-8-21-19-15-24(29)23-14-18(28)10-12-27(23,5)22(19)11-13-26(20,21)4/h14,17,19-22,24-25,29-30H,1,6-13,15H2,2-5H3/t17-,19+,20-,21+,22+,24-,25-,26-,27-/m1/s1. The van der Waals surface area contributed by atoms with Gasteiger partial charge in [0.1, 0.15) is 6.10 Å². The van der Waals surface area contributed by atoms with Gasteiger partial charge < -0.3 is 5.11 Å². The Bertz CT molecular complexity index is 756. The largest absolute Gasteiger partial charge is 0.389 e. The zero-order valence-corrected chi connectivity index (χ0v) is 19.9. The molecule has 4 heteroatoms. The molecule has 3 fully saturated rings. The van der Waals surface area contributed by atoms with Crippen LogP contribution < -0.4 is 0 Å². The fourth-order valence-corrected chi connectivity index (χ4v) is 8.59. The Morgan fingerprint density at radius 3 is 2.65 bits per heavy atom. The quantitative estimate of drug-likeness (QED) is 0.310. The maximum Gasteiger partial charge on any atom is 0.155 e. The van der Waals surface area contributed by atoms with Crippen LogP contribution >= 0.6 is 0 Å². The van der Waals surface area contributed by atoms with Crippen molar-refractivity contribution in [3.63, 3.8) is 0 Å². The molecule has 3 saturated carbocycles. The summed E-state index contributed by atoms with van der Waals surface area (Å²) in [5, 5.41) is 20.3. The van der Waals surface area contributed by atoms with Gasteiger partial charge in [0.05, 0.1) is 6.10 Å². The Hall–Kier alpha value is -0.970. The van der Waals surface area contributed by atoms with E-state index < -0.39 is 6.10 Å². The van der Waals surface area contributed by atoms with E-state index >= 15 is 0 Å². The van der Waals surface area contributed by atoms with E-state index in [1.165, 1.54) is 25.7 Å². The molecule has 4 aliphatic rings. The van der Waals surface area contributed by atoms with Gasteiger partial charge in [0.15, 0.2) is 5.78 Å². The molecule has 31 heavy (non-hydrogen) atoms. The maximum absolute atomic E-state index is 12.1. The highest BCUT2D eigenvalue weighted by Gasteiger charge is 2.60. The molecule has 0 unspecified atom stereocenters. The van der Waals surface area contributed by atoms with Gasteiger partial charge in [-0.15, -0.1) is 0 Å². The number of ketones is 1. The fraction of sp³-hybridized carbons (Fsp3) is 0.815. The summed E-state index contributed by atoms with van der Waals surface area (Å²) >= 11 is 0. The third kappa shape index (κ3) is 3.77. The van der Waals surface area contributed by atoms with Crippen LogP contribution in [0, 0.1) is 40.4 Å². The molecule has 4 rings (SSSR count). The van der Waals surface area contributed by atoms with Crippen molar-refractivity contribution in [3.05, 3.63) is 23.8 Å². The summed E-state index contributed by atoms with van der Waals surface area (Å²) in [5.41, 5.74) is 2.23. The summed E-state index contributed by atoms with van der Waals surface area (Å²) in [6.07, 6.45) is 10.3. The van der Waals surface area contributed by atoms with E-state index in [1.807, 2.05) is 6.92 Å². The minimum atomic E-state index is -0.452. The number of hydrogen-bond acceptors (Lipinski definition) is 4. The number of rotatable bonds is 6. The van der Waals surface area contributed by atoms with Crippen molar-refractivity contribution in [1.29, 1.82) is 0 Å². The summed E-state index contributed by atoms with van der Waals surface area (Å²) in [4.78, 5) is 16.7. The molecule has 0 amide bonds. The van der Waals surface area contributed by atoms with Crippen LogP contribution in [0.4, 0.5) is 0 Å². The molecule has 0 bridgehead atoms. The van der Waals surface area contributed by atoms with Gasteiger partial charge >= 0.3 is 0 Å². The highest BCUT2D eigenvalue weighted by Crippen LogP contribution is 2.67. The van der Waals surface area contributed by atoms with E-state index in [2.05, 4.69) is 32.2 Å². The molecule has 0 radical (unpaired) electrons. The average Bonchev–Trinajstić information content (AvgIpc) is 3.07. The normalized spacial score (nSPS) is 44.0. The van der Waals surface area contributed by atoms with Gasteiger partial charge in [-0.2, -0.15) is 0 Å². The molecule has 0 aliphatic heterocycles. The lowest BCUT2D eigenvalue weighted by Gasteiger charge is -2.59. The van der Waals surface area contributed by atoms with Crippen LogP contribution in [-0.4, -0.2) is 28.4 Å². The Balaban J connectivity index is 1.51. The smallest absolute Gasteiger partial charge is 0.155 e. The van der Waals surface area contributed by atoms with Gasteiger partial charge in [-0.1, -0.05) is 27.4 Å². The van der Waals surface area contributed by atoms with Crippen LogP contribution in [0.3, 0.4) is 0 Å². The third-order valence-corrected chi connectivity index (χ3v) is 10.3. The minimum absolute atomic E-state index is 0.00551. The van der Waals surface area contributed by atoms with Gasteiger partial charge in [0.2, 0.25) is 0 Å². The number of aliphatic hydroxyl groups is 1. The topological polar surface area (TPSA) is 66.8 Å². The molecule has 4 nitrogen and oxygen atoms in total. The first-order valence-electron chi connectivity index (χ1n) is 12.5. The first-order valence-corrected chi connectivity index (χ1v) is 12.5. The summed E-state index contributed by atoms with van der Waals surface area (Å²) in [6, 6.07) is 0. The Morgan fingerprint density at radius 1 is 1.23 bits per heavy atom. The van der Waals surface area contributed by atoms with Gasteiger partial charge in [-0.3, -0.25) is 10.1 Å². The molecule has 0 spiro atoms. The van der Waals surface area contributed by atoms with E-state index in [9.17, 15) is 15.2 Å². The highest BCUT2D eigenvalue weighted by atomic mass is 17.1. The van der Waals surface area contributed by atoms with Crippen LogP contribution in [0.2, 0.25) is 0 Å². The van der Waals surface area contributed by atoms with Crippen molar-refractivity contribution in [2.45, 2.75) is 97.7 Å². The van der Waals surface area contributed by atoms with Gasteiger partial charge in [-0.25, -0.2) is 4.89 Å². The van der Waals surface area contributed by atoms with Crippen molar-refractivity contribution in [2.75, 3.05) is 0 Å². The number of hydrogen-bond donors (Lipinski definition) is 2. The summed E-state index contributed by atoms with van der Waals surface area (Å²) in [7, 11) is 0. The molecule has 0 saturated heterocycles. The number of fused-ring (bicyclic) bond motifs is 5. The van der Waals surface area contributed by atoms with Crippen molar-refractivity contribution < 1.29 is 20.0 Å². The van der Waals surface area contributed by atoms with Crippen LogP contribution in [0.1, 0.15) is 85.5 Å². The lowest BCUT2D eigenvalue weighted by molar-refractivity contribution is -0.270. The molecule has 0 aromatic heterocycles. The van der Waals surface area contributed by atoms with Crippen LogP contribution in [-0.2, 0) is 9.68 Å². The summed E-state index contributed by atoms with van der Waals surface area (Å²) < 4.78 is 0. The van der Waals surface area contributed by atoms with E-state index in [0.29, 0.717) is 41.4 Å². The van der Waals surface area contributed by atoms with E-state index in [0.717, 1.165) is 36.8 Å². The van der Waals surface area contributed by atoms with Crippen LogP contribution in [0.15, 0.2) is 23.8 Å². The molecule has 0 heterocycles. The molecule has 174 valence electrons. The summed E-state index contributed by atoms with van der Waals surface area (Å²) in [5.74, 6) is 3.27. The van der Waals surface area contributed by atoms with Crippen molar-refractivity contribution >= 4 is 5.78 Å². The van der Waals surface area contributed by atoms with Crippen molar-refractivity contribution in [2.24, 2.45) is 40.4 Å². The second-order valence-corrected chi connectivity index (χ2v) is 11.8. The number of carbonyl (C=O) groups excluding carboxylic acids is 1. The molecule has 0 aromatic rings. The molecule has 2 N–H and O–H groups in total. The molecular formula is C27H42O4. The zero-order chi connectivity index (χ0) is 22.6. The van der Waals surface area contributed by atoms with Gasteiger partial charge in [0.25, 0.3) is 0 Å². The van der Waals surface area contributed by atoms with Gasteiger partial charge in [0, 0.05) is 6.42 Å². The summed E-state index contributed by atoms with van der Waals surface area (Å²) in [6.45, 7) is 13.1. The predicted octanol–water partition coefficient (Wildman–Crippen LogP) is 5.96. The zero-order valence-electron chi connectivity index (χ0n) is 19.9. The Morgan fingerprint density at radius 2 is 1.97 bits per heavy atom. The monoisotopic (exact) mass is 430 g/mol. The molecule has 4 aliphatic carbocycles. The number of carbonyl (C=O) groups is 1. The van der Waals surface area contributed by atoms with Crippen LogP contribution in [0.25, 0.3) is 0 Å². The highest BCUT2D eigenvalue weighted by molar-refractivity contribution is 5.91. The molecular weight excluding hydrogens is 388 g/mol. The molecule has 0 aromatic carbocycles. The SMILES string of the molecule is C=C(C)[C@@H](CC[C@@H](C)[C@H]1CC[C@H]2[C@@H]3C[C@@H](O)C4=CC(=O)CC[C@]4(C)[C@H]3CC[C@]12C)OO. The van der Waals surface area contributed by atoms with E-state index in [1.54, 1.807) is 6.08 Å². The number of aliphatic hydroxyl groups excluding tert-OH is 1. The first-order chi connectivity index (χ1) is 14.6. The maximum atomic E-state index is 12.1. The van der Waals surface area contributed by atoms with E-state index in [-0.39, 0.29) is 17.3 Å². The third-order valence-electron chi connectivity index (χ3n) is 10.3. The Kier molecular flexibility index (Phi) is 6.30. The second kappa shape index (κ2) is 8.43. The van der Waals surface area contributed by atoms with Crippen molar-refractivity contribution in [3.8, 4) is 0 Å². The second-order valence-electron chi connectivity index (χ2n) is 11.8. The Labute approximate surface area is 188 Å². The lowest BCUT2D eigenvalue weighted by atomic mass is 9.46. The first kappa shape index (κ1) is 23.2.